The van der Waals surface area contributed by atoms with Crippen LogP contribution in [0.4, 0.5) is 0 Å². The Morgan fingerprint density at radius 2 is 2.19 bits per heavy atom. The van der Waals surface area contributed by atoms with Crippen LogP contribution in [0.2, 0.25) is 0 Å². The van der Waals surface area contributed by atoms with Crippen LogP contribution in [-0.2, 0) is 11.3 Å². The molecular formula is C11H13N3O2. The topological polar surface area (TPSA) is 60.2 Å². The summed E-state index contributed by atoms with van der Waals surface area (Å²) in [5.74, 6) is 0.155. The molecule has 2 heterocycles. The molecule has 1 N–H and O–H groups in total. The Hall–Kier alpha value is -1.88. The molecule has 2 rings (SSSR count). The molecule has 0 bridgehead atoms. The summed E-state index contributed by atoms with van der Waals surface area (Å²) in [5, 5.41) is 13.5. The Balaban J connectivity index is 2.18. The summed E-state index contributed by atoms with van der Waals surface area (Å²) < 4.78 is 6.76. The predicted octanol–water partition coefficient (Wildman–Crippen LogP) is 1.30. The van der Waals surface area contributed by atoms with Crippen molar-refractivity contribution < 1.29 is 9.84 Å². The number of pyridine rings is 1. The summed E-state index contributed by atoms with van der Waals surface area (Å²) in [6.45, 7) is 1.34. The normalized spacial score (nSPS) is 10.6. The maximum atomic E-state index is 9.31. The highest BCUT2D eigenvalue weighted by atomic mass is 16.5. The van der Waals surface area contributed by atoms with Crippen LogP contribution in [0.5, 0.6) is 5.75 Å². The molecule has 0 fully saturated rings. The Bertz CT molecular complexity index is 468. The third-order valence-corrected chi connectivity index (χ3v) is 2.21. The molecule has 84 valence electrons. The third-order valence-electron chi connectivity index (χ3n) is 2.21. The van der Waals surface area contributed by atoms with Crippen LogP contribution in [0.3, 0.4) is 0 Å². The van der Waals surface area contributed by atoms with Crippen LogP contribution in [0.15, 0.2) is 30.9 Å². The number of methoxy groups -OCH3 is 1. The van der Waals surface area contributed by atoms with Crippen molar-refractivity contribution >= 4 is 0 Å². The molecule has 0 saturated heterocycles. The molecular weight excluding hydrogens is 206 g/mol. The molecule has 2 aromatic heterocycles. The van der Waals surface area contributed by atoms with E-state index in [0.717, 1.165) is 11.1 Å². The van der Waals surface area contributed by atoms with E-state index in [1.54, 1.807) is 30.3 Å². The van der Waals surface area contributed by atoms with Gasteiger partial charge in [0.2, 0.25) is 0 Å². The second-order valence-electron chi connectivity index (χ2n) is 3.42. The summed E-state index contributed by atoms with van der Waals surface area (Å²) in [6.07, 6.45) is 6.73. The van der Waals surface area contributed by atoms with Gasteiger partial charge in [0.25, 0.3) is 0 Å². The minimum atomic E-state index is 0.155. The van der Waals surface area contributed by atoms with E-state index in [2.05, 4.69) is 10.1 Å². The highest BCUT2D eigenvalue weighted by Gasteiger charge is 2.02. The third kappa shape index (κ3) is 2.38. The molecule has 0 amide bonds. The number of rotatable bonds is 4. The lowest BCUT2D eigenvalue weighted by Crippen LogP contribution is -2.03. The predicted molar refractivity (Wildman–Crippen MR) is 59.0 cm³/mol. The lowest BCUT2D eigenvalue weighted by molar-refractivity contribution is 0.183. The molecule has 0 saturated carbocycles. The molecule has 0 spiro atoms. The van der Waals surface area contributed by atoms with E-state index in [9.17, 15) is 5.11 Å². The summed E-state index contributed by atoms with van der Waals surface area (Å²) in [7, 11) is 1.66. The number of hydrogen-bond acceptors (Lipinski definition) is 4. The molecule has 5 nitrogen and oxygen atoms in total. The smallest absolute Gasteiger partial charge is 0.134 e. The fourth-order valence-corrected chi connectivity index (χ4v) is 1.41. The molecule has 5 heteroatoms. The van der Waals surface area contributed by atoms with Gasteiger partial charge in [-0.25, -0.2) is 0 Å². The second kappa shape index (κ2) is 4.76. The Kier molecular flexibility index (Phi) is 3.16. The minimum absolute atomic E-state index is 0.155. The minimum Gasteiger partial charge on any atom is -0.506 e. The van der Waals surface area contributed by atoms with Gasteiger partial charge in [-0.3, -0.25) is 9.67 Å². The van der Waals surface area contributed by atoms with Gasteiger partial charge in [-0.05, 0) is 6.07 Å². The van der Waals surface area contributed by atoms with E-state index < -0.39 is 0 Å². The first-order valence-corrected chi connectivity index (χ1v) is 4.95. The lowest BCUT2D eigenvalue weighted by Gasteiger charge is -1.99. The Morgan fingerprint density at radius 3 is 2.94 bits per heavy atom. The van der Waals surface area contributed by atoms with E-state index >= 15 is 0 Å². The summed E-state index contributed by atoms with van der Waals surface area (Å²) in [6, 6.07) is 1.66. The van der Waals surface area contributed by atoms with Gasteiger partial charge in [0, 0.05) is 30.6 Å². The van der Waals surface area contributed by atoms with E-state index in [1.807, 2.05) is 6.20 Å². The molecule has 0 aliphatic heterocycles. The molecule has 0 aromatic carbocycles. The van der Waals surface area contributed by atoms with Gasteiger partial charge in [0.1, 0.15) is 5.75 Å². The number of aromatic nitrogens is 3. The number of hydrogen-bond donors (Lipinski definition) is 1. The van der Waals surface area contributed by atoms with Crippen LogP contribution in [-0.4, -0.2) is 33.6 Å². The van der Waals surface area contributed by atoms with Gasteiger partial charge in [0.05, 0.1) is 25.5 Å². The highest BCUT2D eigenvalue weighted by Crippen LogP contribution is 2.20. The van der Waals surface area contributed by atoms with Gasteiger partial charge in [-0.15, -0.1) is 0 Å². The average molecular weight is 219 g/mol. The summed E-state index contributed by atoms with van der Waals surface area (Å²) in [5.41, 5.74) is 1.78. The monoisotopic (exact) mass is 219 g/mol. The van der Waals surface area contributed by atoms with Crippen molar-refractivity contribution in [3.63, 3.8) is 0 Å². The average Bonchev–Trinajstić information content (AvgIpc) is 2.75. The molecule has 0 unspecified atom stereocenters. The zero-order valence-corrected chi connectivity index (χ0v) is 9.00. The van der Waals surface area contributed by atoms with Crippen LogP contribution in [0.25, 0.3) is 11.1 Å². The molecule has 0 aliphatic carbocycles. The largest absolute Gasteiger partial charge is 0.506 e. The van der Waals surface area contributed by atoms with Crippen LogP contribution in [0.1, 0.15) is 0 Å². The van der Waals surface area contributed by atoms with Crippen molar-refractivity contribution in [3.05, 3.63) is 30.9 Å². The van der Waals surface area contributed by atoms with Crippen molar-refractivity contribution in [3.8, 4) is 16.9 Å². The van der Waals surface area contributed by atoms with Gasteiger partial charge in [-0.2, -0.15) is 5.10 Å². The van der Waals surface area contributed by atoms with E-state index in [-0.39, 0.29) is 5.75 Å². The standard InChI is InChI=1S/C11H13N3O2/c1-16-3-2-14-8-10(6-13-14)9-4-11(15)7-12-5-9/h4-8,15H,2-3H2,1H3. The summed E-state index contributed by atoms with van der Waals surface area (Å²) >= 11 is 0. The SMILES string of the molecule is COCCn1cc(-c2cncc(O)c2)cn1. The number of nitrogens with zero attached hydrogens (tertiary/aromatic N) is 3. The molecule has 0 atom stereocenters. The molecule has 16 heavy (non-hydrogen) atoms. The number of ether oxygens (including phenoxy) is 1. The first kappa shape index (κ1) is 10.6. The van der Waals surface area contributed by atoms with Crippen molar-refractivity contribution in [2.75, 3.05) is 13.7 Å². The van der Waals surface area contributed by atoms with Crippen LogP contribution in [0, 0.1) is 0 Å². The van der Waals surface area contributed by atoms with Gasteiger partial charge in [-0.1, -0.05) is 0 Å². The maximum absolute atomic E-state index is 9.31. The van der Waals surface area contributed by atoms with E-state index in [0.29, 0.717) is 13.2 Å². The zero-order valence-electron chi connectivity index (χ0n) is 9.00. The fraction of sp³-hybridized carbons (Fsp3) is 0.273. The van der Waals surface area contributed by atoms with Gasteiger partial charge in [0.15, 0.2) is 0 Å². The first-order chi connectivity index (χ1) is 7.79. The molecule has 2 aromatic rings. The van der Waals surface area contributed by atoms with Crippen molar-refractivity contribution in [1.29, 1.82) is 0 Å². The van der Waals surface area contributed by atoms with E-state index in [1.165, 1.54) is 6.20 Å². The quantitative estimate of drug-likeness (QED) is 0.841. The van der Waals surface area contributed by atoms with Crippen molar-refractivity contribution in [1.82, 2.24) is 14.8 Å². The maximum Gasteiger partial charge on any atom is 0.134 e. The molecule has 0 radical (unpaired) electrons. The van der Waals surface area contributed by atoms with Crippen LogP contribution >= 0.6 is 0 Å². The highest BCUT2D eigenvalue weighted by molar-refractivity contribution is 5.61. The first-order valence-electron chi connectivity index (χ1n) is 4.95. The molecule has 0 aliphatic rings. The van der Waals surface area contributed by atoms with Crippen molar-refractivity contribution in [2.45, 2.75) is 6.54 Å². The van der Waals surface area contributed by atoms with Gasteiger partial charge < -0.3 is 9.84 Å². The second-order valence-corrected chi connectivity index (χ2v) is 3.42. The van der Waals surface area contributed by atoms with E-state index in [4.69, 9.17) is 4.74 Å². The van der Waals surface area contributed by atoms with Gasteiger partial charge >= 0.3 is 0 Å². The fourth-order valence-electron chi connectivity index (χ4n) is 1.41. The number of aromatic hydroxyl groups is 1. The summed E-state index contributed by atoms with van der Waals surface area (Å²) in [4.78, 5) is 3.92. The Morgan fingerprint density at radius 1 is 1.31 bits per heavy atom. The lowest BCUT2D eigenvalue weighted by atomic mass is 10.2. The van der Waals surface area contributed by atoms with Crippen LogP contribution < -0.4 is 0 Å². The Labute approximate surface area is 93.3 Å². The van der Waals surface area contributed by atoms with Crippen molar-refractivity contribution in [2.24, 2.45) is 0 Å². The zero-order chi connectivity index (χ0) is 11.4.